The van der Waals surface area contributed by atoms with Gasteiger partial charge in [0.05, 0.1) is 24.5 Å². The molecule has 1 aromatic rings. The molecule has 2 rings (SSSR count). The Morgan fingerprint density at radius 2 is 2.31 bits per heavy atom. The highest BCUT2D eigenvalue weighted by Crippen LogP contribution is 2.33. The van der Waals surface area contributed by atoms with Crippen molar-refractivity contribution in [1.82, 2.24) is 0 Å². The number of phenols is 1. The predicted molar refractivity (Wildman–Crippen MR) is 60.6 cm³/mol. The highest BCUT2D eigenvalue weighted by molar-refractivity contribution is 6.01. The van der Waals surface area contributed by atoms with Crippen molar-refractivity contribution in [1.29, 1.82) is 0 Å². The lowest BCUT2D eigenvalue weighted by molar-refractivity contribution is -0.115. The minimum Gasteiger partial charge on any atom is -0.508 e. The first-order chi connectivity index (χ1) is 7.61. The first-order valence-electron chi connectivity index (χ1n) is 5.12. The molecule has 0 saturated carbocycles. The maximum Gasteiger partial charge on any atom is 0.243 e. The van der Waals surface area contributed by atoms with Gasteiger partial charge in [-0.1, -0.05) is 0 Å². The number of rotatable bonds is 2. The van der Waals surface area contributed by atoms with Crippen LogP contribution in [0.15, 0.2) is 18.2 Å². The third-order valence-corrected chi connectivity index (χ3v) is 2.68. The Bertz CT molecular complexity index is 420. The molecule has 1 aliphatic rings. The zero-order chi connectivity index (χ0) is 11.7. The molecule has 0 aromatic heterocycles. The Balaban J connectivity index is 2.43. The van der Waals surface area contributed by atoms with Crippen LogP contribution in [0.4, 0.5) is 11.4 Å². The minimum absolute atomic E-state index is 0.0393. The van der Waals surface area contributed by atoms with Gasteiger partial charge in [0.2, 0.25) is 5.91 Å². The van der Waals surface area contributed by atoms with Gasteiger partial charge in [0.1, 0.15) is 5.75 Å². The fourth-order valence-electron chi connectivity index (χ4n) is 1.78. The van der Waals surface area contributed by atoms with Gasteiger partial charge in [0.15, 0.2) is 0 Å². The molecule has 0 spiro atoms. The third-order valence-electron chi connectivity index (χ3n) is 2.68. The average Bonchev–Trinajstić information content (AvgIpc) is 2.27. The number of phenolic OH excluding ortho intramolecular Hbond substituents is 1. The van der Waals surface area contributed by atoms with Crippen LogP contribution in [-0.4, -0.2) is 35.3 Å². The SMILES string of the molecule is CC(CO)N1CC(=O)Nc2ccc(O)cc21. The van der Waals surface area contributed by atoms with Crippen LogP contribution in [-0.2, 0) is 4.79 Å². The number of benzene rings is 1. The molecule has 16 heavy (non-hydrogen) atoms. The number of amides is 1. The lowest BCUT2D eigenvalue weighted by Crippen LogP contribution is -2.44. The van der Waals surface area contributed by atoms with E-state index in [0.717, 1.165) is 5.69 Å². The number of hydrogen-bond acceptors (Lipinski definition) is 4. The van der Waals surface area contributed by atoms with Gasteiger partial charge in [-0.25, -0.2) is 0 Å². The summed E-state index contributed by atoms with van der Waals surface area (Å²) in [4.78, 5) is 13.2. The predicted octanol–water partition coefficient (Wildman–Crippen LogP) is 0.531. The lowest BCUT2D eigenvalue weighted by Gasteiger charge is -2.34. The first kappa shape index (κ1) is 10.8. The summed E-state index contributed by atoms with van der Waals surface area (Å²) in [6.45, 7) is 1.98. The van der Waals surface area contributed by atoms with Crippen LogP contribution in [0.1, 0.15) is 6.92 Å². The van der Waals surface area contributed by atoms with Crippen LogP contribution >= 0.6 is 0 Å². The summed E-state index contributed by atoms with van der Waals surface area (Å²) in [5.41, 5.74) is 1.40. The number of fused-ring (bicyclic) bond motifs is 1. The molecule has 5 nitrogen and oxygen atoms in total. The van der Waals surface area contributed by atoms with Crippen molar-refractivity contribution in [3.63, 3.8) is 0 Å². The summed E-state index contributed by atoms with van der Waals surface area (Å²) in [7, 11) is 0. The van der Waals surface area contributed by atoms with E-state index in [2.05, 4.69) is 5.32 Å². The van der Waals surface area contributed by atoms with E-state index in [9.17, 15) is 9.90 Å². The van der Waals surface area contributed by atoms with Crippen molar-refractivity contribution >= 4 is 17.3 Å². The largest absolute Gasteiger partial charge is 0.508 e. The highest BCUT2D eigenvalue weighted by atomic mass is 16.3. The molecule has 86 valence electrons. The molecule has 0 radical (unpaired) electrons. The smallest absolute Gasteiger partial charge is 0.243 e. The number of anilines is 2. The van der Waals surface area contributed by atoms with Crippen molar-refractivity contribution in [2.45, 2.75) is 13.0 Å². The molecule has 1 aromatic carbocycles. The van der Waals surface area contributed by atoms with Gasteiger partial charge in [-0.3, -0.25) is 4.79 Å². The second-order valence-corrected chi connectivity index (χ2v) is 3.91. The topological polar surface area (TPSA) is 72.8 Å². The van der Waals surface area contributed by atoms with E-state index in [1.807, 2.05) is 6.92 Å². The summed E-state index contributed by atoms with van der Waals surface area (Å²) in [6, 6.07) is 4.60. The normalized spacial score (nSPS) is 16.6. The summed E-state index contributed by atoms with van der Waals surface area (Å²) < 4.78 is 0. The van der Waals surface area contributed by atoms with Crippen molar-refractivity contribution < 1.29 is 15.0 Å². The van der Waals surface area contributed by atoms with Crippen molar-refractivity contribution in [2.24, 2.45) is 0 Å². The molecule has 0 saturated heterocycles. The van der Waals surface area contributed by atoms with E-state index in [4.69, 9.17) is 5.11 Å². The van der Waals surface area contributed by atoms with Crippen LogP contribution in [0.2, 0.25) is 0 Å². The molecule has 3 N–H and O–H groups in total. The number of nitrogens with one attached hydrogen (secondary N) is 1. The maximum atomic E-state index is 11.4. The molecular formula is C11H14N2O3. The maximum absolute atomic E-state index is 11.4. The van der Waals surface area contributed by atoms with Gasteiger partial charge < -0.3 is 20.4 Å². The van der Waals surface area contributed by atoms with Gasteiger partial charge in [-0.2, -0.15) is 0 Å². The van der Waals surface area contributed by atoms with E-state index in [0.29, 0.717) is 5.69 Å². The molecule has 1 unspecified atom stereocenters. The van der Waals surface area contributed by atoms with Crippen molar-refractivity contribution in [2.75, 3.05) is 23.4 Å². The molecule has 1 atom stereocenters. The monoisotopic (exact) mass is 222 g/mol. The minimum atomic E-state index is -0.161. The first-order valence-corrected chi connectivity index (χ1v) is 5.12. The molecule has 1 aliphatic heterocycles. The molecule has 0 bridgehead atoms. The van der Waals surface area contributed by atoms with E-state index in [1.165, 1.54) is 6.07 Å². The number of carbonyl (C=O) groups excluding carboxylic acids is 1. The second-order valence-electron chi connectivity index (χ2n) is 3.91. The van der Waals surface area contributed by atoms with Crippen LogP contribution < -0.4 is 10.2 Å². The number of aliphatic hydroxyl groups is 1. The van der Waals surface area contributed by atoms with E-state index < -0.39 is 0 Å². The molecule has 0 aliphatic carbocycles. The number of hydrogen-bond donors (Lipinski definition) is 3. The molecule has 1 heterocycles. The zero-order valence-corrected chi connectivity index (χ0v) is 8.97. The van der Waals surface area contributed by atoms with Crippen LogP contribution in [0.5, 0.6) is 5.75 Å². The Kier molecular flexibility index (Phi) is 2.70. The Labute approximate surface area is 93.3 Å². The van der Waals surface area contributed by atoms with E-state index in [-0.39, 0.29) is 30.9 Å². The summed E-state index contributed by atoms with van der Waals surface area (Å²) in [6.07, 6.45) is 0. The number of nitrogens with zero attached hydrogens (tertiary/aromatic N) is 1. The van der Waals surface area contributed by atoms with Gasteiger partial charge in [-0.15, -0.1) is 0 Å². The number of carbonyl (C=O) groups is 1. The van der Waals surface area contributed by atoms with Gasteiger partial charge >= 0.3 is 0 Å². The zero-order valence-electron chi connectivity index (χ0n) is 8.97. The van der Waals surface area contributed by atoms with Crippen molar-refractivity contribution in [3.8, 4) is 5.75 Å². The molecule has 0 fully saturated rings. The third kappa shape index (κ3) is 1.81. The number of aromatic hydroxyl groups is 1. The van der Waals surface area contributed by atoms with Crippen LogP contribution in [0, 0.1) is 0 Å². The molecule has 1 amide bonds. The molecular weight excluding hydrogens is 208 g/mol. The molecule has 5 heteroatoms. The van der Waals surface area contributed by atoms with Gasteiger partial charge in [-0.05, 0) is 19.1 Å². The van der Waals surface area contributed by atoms with E-state index in [1.54, 1.807) is 17.0 Å². The summed E-state index contributed by atoms with van der Waals surface area (Å²) in [5.74, 6) is 0.0310. The van der Waals surface area contributed by atoms with Gasteiger partial charge in [0, 0.05) is 12.1 Å². The van der Waals surface area contributed by atoms with Crippen LogP contribution in [0.25, 0.3) is 0 Å². The highest BCUT2D eigenvalue weighted by Gasteiger charge is 2.25. The fourth-order valence-corrected chi connectivity index (χ4v) is 1.78. The Morgan fingerprint density at radius 3 is 3.00 bits per heavy atom. The van der Waals surface area contributed by atoms with Crippen molar-refractivity contribution in [3.05, 3.63) is 18.2 Å². The Hall–Kier alpha value is -1.75. The van der Waals surface area contributed by atoms with E-state index >= 15 is 0 Å². The second kappa shape index (κ2) is 4.02. The standard InChI is InChI=1S/C11H14N2O3/c1-7(6-14)13-5-11(16)12-9-3-2-8(15)4-10(9)13/h2-4,7,14-15H,5-6H2,1H3,(H,12,16). The summed E-state index contributed by atoms with van der Waals surface area (Å²) >= 11 is 0. The van der Waals surface area contributed by atoms with Gasteiger partial charge in [0.25, 0.3) is 0 Å². The summed E-state index contributed by atoms with van der Waals surface area (Å²) in [5, 5.41) is 21.3. The fraction of sp³-hybridized carbons (Fsp3) is 0.364. The average molecular weight is 222 g/mol. The Morgan fingerprint density at radius 1 is 1.56 bits per heavy atom. The lowest BCUT2D eigenvalue weighted by atomic mass is 10.1. The number of aliphatic hydroxyl groups excluding tert-OH is 1. The van der Waals surface area contributed by atoms with Crippen LogP contribution in [0.3, 0.4) is 0 Å². The quantitative estimate of drug-likeness (QED) is 0.638.